The molecule has 1 amide bonds. The van der Waals surface area contributed by atoms with Crippen molar-refractivity contribution in [2.24, 2.45) is 5.73 Å². The number of benzene rings is 1. The summed E-state index contributed by atoms with van der Waals surface area (Å²) in [4.78, 5) is 23.7. The molecule has 9 heteroatoms. The van der Waals surface area contributed by atoms with E-state index < -0.39 is 16.0 Å². The molecule has 1 aliphatic heterocycles. The van der Waals surface area contributed by atoms with Crippen molar-refractivity contribution < 1.29 is 22.7 Å². The van der Waals surface area contributed by atoms with Crippen molar-refractivity contribution in [3.05, 3.63) is 29.3 Å². The van der Waals surface area contributed by atoms with Crippen LogP contribution in [0.2, 0.25) is 0 Å². The minimum absolute atomic E-state index is 0.0885. The van der Waals surface area contributed by atoms with Gasteiger partial charge >= 0.3 is 5.97 Å². The lowest BCUT2D eigenvalue weighted by molar-refractivity contribution is -0.121. The number of methoxy groups -OCH3 is 1. The first-order chi connectivity index (χ1) is 12.8. The first kappa shape index (κ1) is 21.3. The van der Waals surface area contributed by atoms with E-state index in [1.165, 1.54) is 23.5 Å². The third-order valence-corrected chi connectivity index (χ3v) is 6.85. The Morgan fingerprint density at radius 2 is 2.07 bits per heavy atom. The van der Waals surface area contributed by atoms with E-state index in [2.05, 4.69) is 5.32 Å². The second kappa shape index (κ2) is 9.29. The normalized spacial score (nSPS) is 18.1. The van der Waals surface area contributed by atoms with E-state index in [4.69, 9.17) is 10.5 Å². The van der Waals surface area contributed by atoms with Crippen LogP contribution in [0.25, 0.3) is 0 Å². The van der Waals surface area contributed by atoms with E-state index in [1.807, 2.05) is 0 Å². The molecule has 3 N–H and O–H groups in total. The molecule has 150 valence electrons. The number of carbonyl (C=O) groups is 2. The van der Waals surface area contributed by atoms with Crippen molar-refractivity contribution in [3.8, 4) is 0 Å². The van der Waals surface area contributed by atoms with Crippen molar-refractivity contribution in [1.82, 2.24) is 9.62 Å². The highest BCUT2D eigenvalue weighted by molar-refractivity contribution is 7.89. The van der Waals surface area contributed by atoms with E-state index in [0.717, 1.165) is 12.8 Å². The van der Waals surface area contributed by atoms with E-state index in [1.54, 1.807) is 13.0 Å². The minimum Gasteiger partial charge on any atom is -0.465 e. The maximum Gasteiger partial charge on any atom is 0.338 e. The van der Waals surface area contributed by atoms with E-state index in [9.17, 15) is 18.0 Å². The molecule has 1 aromatic rings. The molecule has 1 aliphatic rings. The lowest BCUT2D eigenvalue weighted by Gasteiger charge is -2.35. The Balaban J connectivity index is 2.30. The molecule has 1 heterocycles. The van der Waals surface area contributed by atoms with Crippen LogP contribution >= 0.6 is 0 Å². The van der Waals surface area contributed by atoms with Crippen molar-refractivity contribution in [1.29, 1.82) is 0 Å². The Labute approximate surface area is 160 Å². The van der Waals surface area contributed by atoms with Gasteiger partial charge in [-0.15, -0.1) is 0 Å². The summed E-state index contributed by atoms with van der Waals surface area (Å²) in [6.07, 6.45) is 2.52. The second-order valence-electron chi connectivity index (χ2n) is 6.53. The van der Waals surface area contributed by atoms with Gasteiger partial charge in [-0.2, -0.15) is 4.31 Å². The number of hydrogen-bond acceptors (Lipinski definition) is 6. The number of sulfonamides is 1. The van der Waals surface area contributed by atoms with Gasteiger partial charge in [0.1, 0.15) is 0 Å². The van der Waals surface area contributed by atoms with Gasteiger partial charge in [0.2, 0.25) is 15.9 Å². The van der Waals surface area contributed by atoms with Gasteiger partial charge < -0.3 is 15.8 Å². The molecule has 1 atom stereocenters. The SMILES string of the molecule is COC(=O)c1cccc(S(=O)(=O)N2CCCCC2CNC(=O)CCN)c1C. The first-order valence-electron chi connectivity index (χ1n) is 8.99. The van der Waals surface area contributed by atoms with Crippen LogP contribution in [0, 0.1) is 6.92 Å². The zero-order chi connectivity index (χ0) is 20.0. The maximum absolute atomic E-state index is 13.3. The zero-order valence-electron chi connectivity index (χ0n) is 15.7. The molecule has 1 saturated heterocycles. The highest BCUT2D eigenvalue weighted by atomic mass is 32.2. The number of hydrogen-bond donors (Lipinski definition) is 2. The molecular formula is C18H27N3O5S. The average Bonchev–Trinajstić information content (AvgIpc) is 2.66. The molecule has 0 aromatic heterocycles. The number of nitrogens with zero attached hydrogens (tertiary/aromatic N) is 1. The summed E-state index contributed by atoms with van der Waals surface area (Å²) in [7, 11) is -2.56. The standard InChI is InChI=1S/C18H27N3O5S/c1-13-15(18(23)26-2)7-5-8-16(13)27(24,25)21-11-4-3-6-14(21)12-20-17(22)9-10-19/h5,7-8,14H,3-4,6,9-12,19H2,1-2H3,(H,20,22). The molecule has 1 unspecified atom stereocenters. The van der Waals surface area contributed by atoms with Crippen LogP contribution in [0.3, 0.4) is 0 Å². The van der Waals surface area contributed by atoms with Crippen molar-refractivity contribution in [3.63, 3.8) is 0 Å². The number of carbonyl (C=O) groups excluding carboxylic acids is 2. The molecule has 27 heavy (non-hydrogen) atoms. The number of nitrogens with one attached hydrogen (secondary N) is 1. The lowest BCUT2D eigenvalue weighted by Crippen LogP contribution is -2.49. The van der Waals surface area contributed by atoms with Crippen LogP contribution in [-0.4, -0.2) is 57.4 Å². The Morgan fingerprint density at radius 3 is 2.74 bits per heavy atom. The monoisotopic (exact) mass is 397 g/mol. The lowest BCUT2D eigenvalue weighted by atomic mass is 10.1. The van der Waals surface area contributed by atoms with Gasteiger partial charge in [-0.05, 0) is 37.5 Å². The van der Waals surface area contributed by atoms with Crippen LogP contribution in [0.5, 0.6) is 0 Å². The van der Waals surface area contributed by atoms with Crippen molar-refractivity contribution in [2.75, 3.05) is 26.7 Å². The third kappa shape index (κ3) is 4.85. The molecule has 0 spiro atoms. The van der Waals surface area contributed by atoms with Gasteiger partial charge in [-0.1, -0.05) is 12.5 Å². The molecule has 2 rings (SSSR count). The van der Waals surface area contributed by atoms with Crippen LogP contribution in [0.4, 0.5) is 0 Å². The Morgan fingerprint density at radius 1 is 1.33 bits per heavy atom. The molecular weight excluding hydrogens is 370 g/mol. The van der Waals surface area contributed by atoms with Crippen LogP contribution < -0.4 is 11.1 Å². The Hall–Kier alpha value is -1.97. The summed E-state index contributed by atoms with van der Waals surface area (Å²) in [5, 5.41) is 2.76. The average molecular weight is 397 g/mol. The molecule has 0 bridgehead atoms. The molecule has 1 aromatic carbocycles. The highest BCUT2D eigenvalue weighted by Gasteiger charge is 2.35. The summed E-state index contributed by atoms with van der Waals surface area (Å²) in [5.41, 5.74) is 5.96. The molecule has 0 radical (unpaired) electrons. The third-order valence-electron chi connectivity index (χ3n) is 4.76. The van der Waals surface area contributed by atoms with Gasteiger partial charge in [0, 0.05) is 32.1 Å². The zero-order valence-corrected chi connectivity index (χ0v) is 16.5. The highest BCUT2D eigenvalue weighted by Crippen LogP contribution is 2.28. The summed E-state index contributed by atoms with van der Waals surface area (Å²) >= 11 is 0. The topological polar surface area (TPSA) is 119 Å². The summed E-state index contributed by atoms with van der Waals surface area (Å²) < 4.78 is 32.8. The van der Waals surface area contributed by atoms with E-state index in [-0.39, 0.29) is 41.9 Å². The van der Waals surface area contributed by atoms with Gasteiger partial charge in [0.15, 0.2) is 0 Å². The molecule has 1 fully saturated rings. The van der Waals surface area contributed by atoms with Gasteiger partial charge in [-0.3, -0.25) is 4.79 Å². The fourth-order valence-corrected chi connectivity index (χ4v) is 5.24. The fourth-order valence-electron chi connectivity index (χ4n) is 3.30. The van der Waals surface area contributed by atoms with Gasteiger partial charge in [-0.25, -0.2) is 13.2 Å². The number of amides is 1. The quantitative estimate of drug-likeness (QED) is 0.657. The van der Waals surface area contributed by atoms with Crippen LogP contribution in [0.15, 0.2) is 23.1 Å². The smallest absolute Gasteiger partial charge is 0.338 e. The predicted molar refractivity (Wildman–Crippen MR) is 101 cm³/mol. The Bertz CT molecular complexity index is 794. The van der Waals surface area contributed by atoms with Crippen LogP contribution in [0.1, 0.15) is 41.6 Å². The molecule has 0 aliphatic carbocycles. The largest absolute Gasteiger partial charge is 0.465 e. The van der Waals surface area contributed by atoms with Gasteiger partial charge in [0.25, 0.3) is 0 Å². The maximum atomic E-state index is 13.3. The predicted octanol–water partition coefficient (Wildman–Crippen LogP) is 0.790. The van der Waals surface area contributed by atoms with E-state index in [0.29, 0.717) is 18.5 Å². The van der Waals surface area contributed by atoms with Gasteiger partial charge in [0.05, 0.1) is 17.6 Å². The number of esters is 1. The molecule has 8 nitrogen and oxygen atoms in total. The second-order valence-corrected chi connectivity index (χ2v) is 8.39. The first-order valence-corrected chi connectivity index (χ1v) is 10.4. The summed E-state index contributed by atoms with van der Waals surface area (Å²) in [5.74, 6) is -0.766. The number of nitrogens with two attached hydrogens (primary N) is 1. The summed E-state index contributed by atoms with van der Waals surface area (Å²) in [6, 6.07) is 4.25. The van der Waals surface area contributed by atoms with Crippen molar-refractivity contribution >= 4 is 21.9 Å². The van der Waals surface area contributed by atoms with Crippen molar-refractivity contribution in [2.45, 2.75) is 43.5 Å². The summed E-state index contributed by atoms with van der Waals surface area (Å²) in [6.45, 7) is 2.47. The fraction of sp³-hybridized carbons (Fsp3) is 0.556. The number of rotatable bonds is 7. The molecule has 0 saturated carbocycles. The minimum atomic E-state index is -3.82. The van der Waals surface area contributed by atoms with Crippen LogP contribution in [-0.2, 0) is 19.6 Å². The number of ether oxygens (including phenoxy) is 1. The number of piperidine rings is 1. The van der Waals surface area contributed by atoms with E-state index >= 15 is 0 Å². The Kier molecular flexibility index (Phi) is 7.34.